The molecule has 2 heterocycles. The minimum atomic E-state index is -0.759. The predicted molar refractivity (Wildman–Crippen MR) is 129 cm³/mol. The molecule has 2 aromatic heterocycles. The first-order valence-corrected chi connectivity index (χ1v) is 11.8. The number of hydrogen-bond donors (Lipinski definition) is 3. The molecule has 0 radical (unpaired) electrons. The van der Waals surface area contributed by atoms with Crippen LogP contribution in [0.1, 0.15) is 48.3 Å². The van der Waals surface area contributed by atoms with Crippen LogP contribution in [-0.4, -0.2) is 39.9 Å². The van der Waals surface area contributed by atoms with E-state index < -0.39 is 12.0 Å². The van der Waals surface area contributed by atoms with Gasteiger partial charge in [-0.25, -0.2) is 0 Å². The van der Waals surface area contributed by atoms with E-state index in [4.69, 9.17) is 15.0 Å². The number of carbonyl (C=O) groups excluding carboxylic acids is 1. The number of hydrogen-bond acceptors (Lipinski definition) is 8. The van der Waals surface area contributed by atoms with Crippen LogP contribution in [-0.2, 0) is 11.3 Å². The molecule has 178 valence electrons. The minimum absolute atomic E-state index is 0.0897. The summed E-state index contributed by atoms with van der Waals surface area (Å²) in [5.74, 6) is 1.27. The molecule has 0 spiro atoms. The largest absolute Gasteiger partial charge is 0.490 e. The molecule has 0 fully saturated rings. The number of amides is 1. The number of primary amides is 1. The Morgan fingerprint density at radius 2 is 1.91 bits per heavy atom. The molecule has 4 N–H and O–H groups in total. The van der Waals surface area contributed by atoms with E-state index in [0.717, 1.165) is 28.1 Å². The lowest BCUT2D eigenvalue weighted by Gasteiger charge is -2.16. The van der Waals surface area contributed by atoms with Gasteiger partial charge in [-0.05, 0) is 62.1 Å². The first kappa shape index (κ1) is 24.9. The Hall–Kier alpha value is -2.75. The number of nitrogens with one attached hydrogen (secondary N) is 1. The van der Waals surface area contributed by atoms with Gasteiger partial charge in [0.05, 0.1) is 11.0 Å². The van der Waals surface area contributed by atoms with Gasteiger partial charge in [-0.1, -0.05) is 19.0 Å². The molecule has 0 unspecified atom stereocenters. The normalized spacial score (nSPS) is 12.3. The molecule has 0 aliphatic heterocycles. The molecule has 3 aromatic rings. The third-order valence-corrected chi connectivity index (χ3v) is 6.42. The molecular weight excluding hydrogens is 440 g/mol. The van der Waals surface area contributed by atoms with E-state index >= 15 is 0 Å². The van der Waals surface area contributed by atoms with Crippen molar-refractivity contribution in [2.45, 2.75) is 66.2 Å². The number of carbonyl (C=O) groups is 1. The second kappa shape index (κ2) is 10.9. The predicted octanol–water partition coefficient (Wildman–Crippen LogP) is 3.89. The smallest absolute Gasteiger partial charge is 0.268 e. The summed E-state index contributed by atoms with van der Waals surface area (Å²) in [5.41, 5.74) is 8.95. The standard InChI is InChI=1S/C24H32N4O4S/c1-13(2)26-11-20-14(3)10-19(33-20)24-27-23(28-32-24)17-8-15(4)22(16(5)9-17)31-12-18(29)6-7-21(25)30/h8-10,13,18,26,29H,6-7,11-12H2,1-5H3,(H2,25,30)/t18-/m1/s1. The molecule has 0 saturated heterocycles. The maximum atomic E-state index is 10.9. The van der Waals surface area contributed by atoms with Gasteiger partial charge in [0.2, 0.25) is 11.7 Å². The second-order valence-electron chi connectivity index (χ2n) is 8.58. The van der Waals surface area contributed by atoms with Crippen molar-refractivity contribution < 1.29 is 19.2 Å². The van der Waals surface area contributed by atoms with Gasteiger partial charge in [-0.3, -0.25) is 4.79 Å². The van der Waals surface area contributed by atoms with E-state index in [1.54, 1.807) is 11.3 Å². The van der Waals surface area contributed by atoms with Gasteiger partial charge in [0.25, 0.3) is 5.89 Å². The van der Waals surface area contributed by atoms with Gasteiger partial charge in [-0.15, -0.1) is 11.3 Å². The Labute approximate surface area is 198 Å². The molecule has 1 aromatic carbocycles. The fourth-order valence-electron chi connectivity index (χ4n) is 3.42. The van der Waals surface area contributed by atoms with Crippen molar-refractivity contribution in [3.8, 4) is 27.9 Å². The van der Waals surface area contributed by atoms with Gasteiger partial charge >= 0.3 is 0 Å². The summed E-state index contributed by atoms with van der Waals surface area (Å²) in [6, 6.07) is 6.37. The number of nitrogens with two attached hydrogens (primary N) is 1. The van der Waals surface area contributed by atoms with Gasteiger partial charge < -0.3 is 25.4 Å². The monoisotopic (exact) mass is 472 g/mol. The number of aliphatic hydroxyl groups is 1. The van der Waals surface area contributed by atoms with E-state index in [-0.39, 0.29) is 19.4 Å². The Kier molecular flexibility index (Phi) is 8.23. The Morgan fingerprint density at radius 1 is 1.21 bits per heavy atom. The van der Waals surface area contributed by atoms with E-state index in [0.29, 0.717) is 23.5 Å². The van der Waals surface area contributed by atoms with Crippen LogP contribution in [0.4, 0.5) is 0 Å². The van der Waals surface area contributed by atoms with E-state index in [9.17, 15) is 9.90 Å². The SMILES string of the molecule is Cc1cc(-c2nc(-c3cc(C)c(OC[C@H](O)CCC(N)=O)c(C)c3)no2)sc1CNC(C)C. The average Bonchev–Trinajstić information content (AvgIpc) is 3.37. The summed E-state index contributed by atoms with van der Waals surface area (Å²) >= 11 is 1.66. The van der Waals surface area contributed by atoms with Crippen molar-refractivity contribution in [3.63, 3.8) is 0 Å². The summed E-state index contributed by atoms with van der Waals surface area (Å²) < 4.78 is 11.4. The fraction of sp³-hybridized carbons (Fsp3) is 0.458. The minimum Gasteiger partial charge on any atom is -0.490 e. The highest BCUT2D eigenvalue weighted by molar-refractivity contribution is 7.15. The lowest BCUT2D eigenvalue weighted by molar-refractivity contribution is -0.118. The van der Waals surface area contributed by atoms with Crippen molar-refractivity contribution in [1.29, 1.82) is 0 Å². The summed E-state index contributed by atoms with van der Waals surface area (Å²) in [7, 11) is 0. The number of aryl methyl sites for hydroxylation is 3. The molecule has 9 heteroatoms. The van der Waals surface area contributed by atoms with Gasteiger partial charge in [-0.2, -0.15) is 4.98 Å². The number of aliphatic hydroxyl groups excluding tert-OH is 1. The van der Waals surface area contributed by atoms with Crippen LogP contribution in [0.25, 0.3) is 22.2 Å². The van der Waals surface area contributed by atoms with Crippen LogP contribution in [0.5, 0.6) is 5.75 Å². The number of rotatable bonds is 11. The zero-order valence-electron chi connectivity index (χ0n) is 19.8. The van der Waals surface area contributed by atoms with Gasteiger partial charge in [0.15, 0.2) is 0 Å². The van der Waals surface area contributed by atoms with Crippen molar-refractivity contribution in [2.24, 2.45) is 5.73 Å². The number of ether oxygens (including phenoxy) is 1. The third-order valence-electron chi connectivity index (χ3n) is 5.19. The van der Waals surface area contributed by atoms with Crippen LogP contribution >= 0.6 is 11.3 Å². The molecule has 33 heavy (non-hydrogen) atoms. The number of benzene rings is 1. The average molecular weight is 473 g/mol. The zero-order valence-corrected chi connectivity index (χ0v) is 20.6. The summed E-state index contributed by atoms with van der Waals surface area (Å²) in [6.45, 7) is 11.1. The molecule has 0 saturated carbocycles. The highest BCUT2D eigenvalue weighted by Gasteiger charge is 2.17. The van der Waals surface area contributed by atoms with Crippen LogP contribution in [0.3, 0.4) is 0 Å². The molecule has 1 amide bonds. The number of aromatic nitrogens is 2. The lowest BCUT2D eigenvalue weighted by atomic mass is 10.1. The molecule has 0 bridgehead atoms. The summed E-state index contributed by atoms with van der Waals surface area (Å²) in [5, 5.41) is 17.6. The van der Waals surface area contributed by atoms with Crippen molar-refractivity contribution >= 4 is 17.2 Å². The number of thiophene rings is 1. The molecule has 8 nitrogen and oxygen atoms in total. The second-order valence-corrected chi connectivity index (χ2v) is 9.72. The molecule has 1 atom stereocenters. The Balaban J connectivity index is 1.72. The topological polar surface area (TPSA) is 124 Å². The molecule has 3 rings (SSSR count). The van der Waals surface area contributed by atoms with Crippen molar-refractivity contribution in [3.05, 3.63) is 39.8 Å². The molecular formula is C24H32N4O4S. The first-order valence-electron chi connectivity index (χ1n) is 11.0. The van der Waals surface area contributed by atoms with Crippen molar-refractivity contribution in [1.82, 2.24) is 15.5 Å². The van der Waals surface area contributed by atoms with Crippen LogP contribution < -0.4 is 15.8 Å². The summed E-state index contributed by atoms with van der Waals surface area (Å²) in [6.07, 6.45) is -0.360. The number of nitrogens with zero attached hydrogens (tertiary/aromatic N) is 2. The highest BCUT2D eigenvalue weighted by Crippen LogP contribution is 2.33. The first-order chi connectivity index (χ1) is 15.6. The van der Waals surface area contributed by atoms with Crippen LogP contribution in [0.15, 0.2) is 22.7 Å². The van der Waals surface area contributed by atoms with Crippen LogP contribution in [0.2, 0.25) is 0 Å². The fourth-order valence-corrected chi connectivity index (χ4v) is 4.46. The summed E-state index contributed by atoms with van der Waals surface area (Å²) in [4.78, 5) is 17.7. The maximum absolute atomic E-state index is 10.9. The van der Waals surface area contributed by atoms with Gasteiger partial charge in [0, 0.05) is 29.4 Å². The Bertz CT molecular complexity index is 1080. The zero-order chi connectivity index (χ0) is 24.1. The third kappa shape index (κ3) is 6.63. The Morgan fingerprint density at radius 3 is 2.55 bits per heavy atom. The van der Waals surface area contributed by atoms with Crippen molar-refractivity contribution in [2.75, 3.05) is 6.61 Å². The molecule has 0 aliphatic rings. The van der Waals surface area contributed by atoms with E-state index in [1.165, 1.54) is 10.4 Å². The van der Waals surface area contributed by atoms with E-state index in [1.807, 2.05) is 26.0 Å². The molecule has 0 aliphatic carbocycles. The van der Waals surface area contributed by atoms with E-state index in [2.05, 4.69) is 42.3 Å². The van der Waals surface area contributed by atoms with Crippen LogP contribution in [0, 0.1) is 20.8 Å². The van der Waals surface area contributed by atoms with Gasteiger partial charge in [0.1, 0.15) is 12.4 Å². The maximum Gasteiger partial charge on any atom is 0.268 e. The lowest BCUT2D eigenvalue weighted by Crippen LogP contribution is -2.21. The quantitative estimate of drug-likeness (QED) is 0.387. The highest BCUT2D eigenvalue weighted by atomic mass is 32.1.